The molecule has 1 aliphatic carbocycles. The van der Waals surface area contributed by atoms with Crippen LogP contribution in [-0.2, 0) is 9.53 Å². The molecule has 3 rings (SSSR count). The molecule has 6 heteroatoms. The largest absolute Gasteiger partial charge is 0.462 e. The van der Waals surface area contributed by atoms with Crippen molar-refractivity contribution in [3.63, 3.8) is 0 Å². The molecule has 29 heavy (non-hydrogen) atoms. The van der Waals surface area contributed by atoms with Crippen LogP contribution < -0.4 is 5.32 Å². The summed E-state index contributed by atoms with van der Waals surface area (Å²) in [5, 5.41) is 2.90. The zero-order valence-electron chi connectivity index (χ0n) is 17.2. The zero-order valence-corrected chi connectivity index (χ0v) is 17.2. The summed E-state index contributed by atoms with van der Waals surface area (Å²) in [4.78, 5) is 41.4. The highest BCUT2D eigenvalue weighted by Gasteiger charge is 2.31. The first-order valence-electron chi connectivity index (χ1n) is 10.2. The summed E-state index contributed by atoms with van der Waals surface area (Å²) in [6.07, 6.45) is 4.12. The van der Waals surface area contributed by atoms with E-state index in [1.807, 2.05) is 30.3 Å². The second-order valence-corrected chi connectivity index (χ2v) is 7.63. The third-order valence-corrected chi connectivity index (χ3v) is 5.59. The number of benzene rings is 1. The molecule has 0 radical (unpaired) electrons. The van der Waals surface area contributed by atoms with Crippen molar-refractivity contribution in [3.05, 3.63) is 47.3 Å². The highest BCUT2D eigenvalue weighted by atomic mass is 16.5. The van der Waals surface area contributed by atoms with Crippen molar-refractivity contribution in [2.24, 2.45) is 5.92 Å². The number of ether oxygens (including phenoxy) is 1. The van der Waals surface area contributed by atoms with Crippen molar-refractivity contribution in [2.75, 3.05) is 6.61 Å². The first-order chi connectivity index (χ1) is 13.9. The summed E-state index contributed by atoms with van der Waals surface area (Å²) >= 11 is 0. The van der Waals surface area contributed by atoms with Crippen LogP contribution in [0.3, 0.4) is 0 Å². The van der Waals surface area contributed by atoms with Crippen LogP contribution in [-0.4, -0.2) is 35.3 Å². The lowest BCUT2D eigenvalue weighted by molar-refractivity contribution is -0.118. The van der Waals surface area contributed by atoms with Gasteiger partial charge in [0.05, 0.1) is 12.2 Å². The Morgan fingerprint density at radius 1 is 1.14 bits per heavy atom. The predicted octanol–water partition coefficient (Wildman–Crippen LogP) is 4.04. The van der Waals surface area contributed by atoms with Gasteiger partial charge in [0.15, 0.2) is 0 Å². The molecule has 2 atom stereocenters. The van der Waals surface area contributed by atoms with Crippen LogP contribution in [0.2, 0.25) is 0 Å². The standard InChI is InChI=1S/C23H28N2O4/c1-4-29-23(28)18-15(3)24-20(19(18)16-11-6-5-7-12-16)21(26)22(27)25-17-13-9-8-10-14(17)2/h5-7,11-12,14,17,24H,4,8-10,13H2,1-3H3,(H,25,27)/t14-,17-/m1/s1. The van der Waals surface area contributed by atoms with Gasteiger partial charge in [0, 0.05) is 17.3 Å². The monoisotopic (exact) mass is 396 g/mol. The van der Waals surface area contributed by atoms with E-state index in [2.05, 4.69) is 17.2 Å². The Balaban J connectivity index is 1.97. The van der Waals surface area contributed by atoms with Crippen molar-refractivity contribution >= 4 is 17.7 Å². The fourth-order valence-corrected chi connectivity index (χ4v) is 4.03. The fraction of sp³-hybridized carbons (Fsp3) is 0.435. The molecule has 1 amide bonds. The van der Waals surface area contributed by atoms with Gasteiger partial charge in [0.2, 0.25) is 0 Å². The topological polar surface area (TPSA) is 88.3 Å². The second kappa shape index (κ2) is 9.07. The molecule has 1 aliphatic rings. The molecule has 0 aliphatic heterocycles. The molecule has 6 nitrogen and oxygen atoms in total. The van der Waals surface area contributed by atoms with Crippen molar-refractivity contribution in [1.29, 1.82) is 0 Å². The van der Waals surface area contributed by atoms with E-state index in [0.717, 1.165) is 25.7 Å². The molecule has 1 saturated carbocycles. The van der Waals surface area contributed by atoms with Crippen molar-refractivity contribution in [2.45, 2.75) is 52.5 Å². The maximum atomic E-state index is 13.1. The highest BCUT2D eigenvalue weighted by molar-refractivity contribution is 6.44. The molecule has 0 bridgehead atoms. The molecule has 1 fully saturated rings. The molecule has 154 valence electrons. The Bertz CT molecular complexity index is 901. The zero-order chi connectivity index (χ0) is 21.0. The van der Waals surface area contributed by atoms with Crippen LogP contribution in [0.25, 0.3) is 11.1 Å². The van der Waals surface area contributed by atoms with Crippen LogP contribution in [0.4, 0.5) is 0 Å². The number of carbonyl (C=O) groups excluding carboxylic acids is 3. The van der Waals surface area contributed by atoms with Gasteiger partial charge in [-0.05, 0) is 38.2 Å². The van der Waals surface area contributed by atoms with Gasteiger partial charge in [-0.3, -0.25) is 9.59 Å². The van der Waals surface area contributed by atoms with Crippen LogP contribution in [0.1, 0.15) is 66.1 Å². The first kappa shape index (κ1) is 20.8. The van der Waals surface area contributed by atoms with Gasteiger partial charge in [-0.15, -0.1) is 0 Å². The molecule has 2 aromatic rings. The number of hydrogen-bond donors (Lipinski definition) is 2. The summed E-state index contributed by atoms with van der Waals surface area (Å²) in [6.45, 7) is 5.76. The number of esters is 1. The number of rotatable bonds is 6. The van der Waals surface area contributed by atoms with Crippen molar-refractivity contribution < 1.29 is 19.1 Å². The van der Waals surface area contributed by atoms with E-state index >= 15 is 0 Å². The Hall–Kier alpha value is -2.89. The number of nitrogens with one attached hydrogen (secondary N) is 2. The number of H-pyrrole nitrogens is 1. The molecule has 0 saturated heterocycles. The highest BCUT2D eigenvalue weighted by Crippen LogP contribution is 2.31. The summed E-state index contributed by atoms with van der Waals surface area (Å²) in [7, 11) is 0. The van der Waals surface area contributed by atoms with Gasteiger partial charge < -0.3 is 15.0 Å². The average molecular weight is 396 g/mol. The molecule has 1 aromatic carbocycles. The lowest BCUT2D eigenvalue weighted by Gasteiger charge is -2.29. The number of carbonyl (C=O) groups is 3. The molecular formula is C23H28N2O4. The number of amides is 1. The Kier molecular flexibility index (Phi) is 6.52. The number of Topliss-reactive ketones (excluding diaryl/α,β-unsaturated/α-hetero) is 1. The molecule has 1 heterocycles. The summed E-state index contributed by atoms with van der Waals surface area (Å²) < 4.78 is 5.19. The fourth-order valence-electron chi connectivity index (χ4n) is 4.03. The SMILES string of the molecule is CCOC(=O)c1c(C)[nH]c(C(=O)C(=O)N[C@@H]2CCCC[C@H]2C)c1-c1ccccc1. The van der Waals surface area contributed by atoms with Gasteiger partial charge >= 0.3 is 5.97 Å². The molecule has 2 N–H and O–H groups in total. The normalized spacial score (nSPS) is 18.9. The van der Waals surface area contributed by atoms with Crippen molar-refractivity contribution in [1.82, 2.24) is 10.3 Å². The lowest BCUT2D eigenvalue weighted by Crippen LogP contribution is -2.44. The molecular weight excluding hydrogens is 368 g/mol. The van der Waals surface area contributed by atoms with Gasteiger partial charge in [-0.1, -0.05) is 50.1 Å². The van der Waals surface area contributed by atoms with E-state index < -0.39 is 17.7 Å². The number of ketones is 1. The van der Waals surface area contributed by atoms with Crippen molar-refractivity contribution in [3.8, 4) is 11.1 Å². The third kappa shape index (κ3) is 4.42. The molecule has 1 aromatic heterocycles. The van der Waals surface area contributed by atoms with Gasteiger partial charge in [-0.25, -0.2) is 4.79 Å². The van der Waals surface area contributed by atoms with E-state index in [9.17, 15) is 14.4 Å². The van der Waals surface area contributed by atoms with E-state index in [0.29, 0.717) is 28.3 Å². The molecule has 0 unspecified atom stereocenters. The number of aromatic amines is 1. The van der Waals surface area contributed by atoms with Crippen LogP contribution >= 0.6 is 0 Å². The van der Waals surface area contributed by atoms with E-state index in [-0.39, 0.29) is 18.3 Å². The van der Waals surface area contributed by atoms with E-state index in [1.54, 1.807) is 13.8 Å². The second-order valence-electron chi connectivity index (χ2n) is 7.63. The first-order valence-corrected chi connectivity index (χ1v) is 10.2. The van der Waals surface area contributed by atoms with Gasteiger partial charge in [0.25, 0.3) is 11.7 Å². The van der Waals surface area contributed by atoms with Crippen LogP contribution in [0, 0.1) is 12.8 Å². The molecule has 0 spiro atoms. The smallest absolute Gasteiger partial charge is 0.340 e. The Morgan fingerprint density at radius 2 is 1.83 bits per heavy atom. The summed E-state index contributed by atoms with van der Waals surface area (Å²) in [6, 6.07) is 9.12. The minimum atomic E-state index is -0.666. The minimum Gasteiger partial charge on any atom is -0.462 e. The summed E-state index contributed by atoms with van der Waals surface area (Å²) in [5.41, 5.74) is 2.02. The lowest BCUT2D eigenvalue weighted by atomic mass is 9.86. The van der Waals surface area contributed by atoms with Gasteiger partial charge in [0.1, 0.15) is 5.69 Å². The van der Waals surface area contributed by atoms with Gasteiger partial charge in [-0.2, -0.15) is 0 Å². The third-order valence-electron chi connectivity index (χ3n) is 5.59. The average Bonchev–Trinajstić information content (AvgIpc) is 3.07. The Labute approximate surface area is 171 Å². The Morgan fingerprint density at radius 3 is 2.48 bits per heavy atom. The maximum Gasteiger partial charge on any atom is 0.340 e. The quantitative estimate of drug-likeness (QED) is 0.438. The number of aryl methyl sites for hydroxylation is 1. The van der Waals surface area contributed by atoms with Crippen LogP contribution in [0.15, 0.2) is 30.3 Å². The maximum absolute atomic E-state index is 13.1. The van der Waals surface area contributed by atoms with Crippen LogP contribution in [0.5, 0.6) is 0 Å². The summed E-state index contributed by atoms with van der Waals surface area (Å²) in [5.74, 6) is -1.48. The predicted molar refractivity (Wildman–Crippen MR) is 111 cm³/mol. The number of hydrogen-bond acceptors (Lipinski definition) is 4. The minimum absolute atomic E-state index is 0.000890. The van der Waals surface area contributed by atoms with E-state index in [1.165, 1.54) is 0 Å². The number of aromatic nitrogens is 1. The van der Waals surface area contributed by atoms with E-state index in [4.69, 9.17) is 4.74 Å².